The molecule has 0 amide bonds. The summed E-state index contributed by atoms with van der Waals surface area (Å²) < 4.78 is 10.9. The van der Waals surface area contributed by atoms with E-state index < -0.39 is 5.60 Å². The van der Waals surface area contributed by atoms with Gasteiger partial charge >= 0.3 is 0 Å². The van der Waals surface area contributed by atoms with Gasteiger partial charge in [0.1, 0.15) is 5.60 Å². The first-order valence-corrected chi connectivity index (χ1v) is 9.19. The Bertz CT molecular complexity index is 1100. The topological polar surface area (TPSA) is 38.7 Å². The lowest BCUT2D eigenvalue weighted by atomic mass is 9.78. The lowest BCUT2D eigenvalue weighted by Crippen LogP contribution is -2.46. The molecule has 0 aromatic heterocycles. The maximum Gasteiger partial charge on any atom is 0.117 e. The quantitative estimate of drug-likeness (QED) is 0.760. The highest BCUT2D eigenvalue weighted by Gasteiger charge is 2.36. The summed E-state index contributed by atoms with van der Waals surface area (Å²) in [4.78, 5) is 0. The second-order valence-electron chi connectivity index (χ2n) is 7.09. The van der Waals surface area contributed by atoms with Crippen LogP contribution in [-0.2, 0) is 16.1 Å². The molecule has 0 saturated heterocycles. The molecule has 0 fully saturated rings. The van der Waals surface area contributed by atoms with Crippen LogP contribution in [0, 0.1) is 0 Å². The van der Waals surface area contributed by atoms with Crippen LogP contribution in [0.2, 0.25) is 0 Å². The molecule has 1 unspecified atom stereocenters. The van der Waals surface area contributed by atoms with E-state index in [-0.39, 0.29) is 6.61 Å². The lowest BCUT2D eigenvalue weighted by Gasteiger charge is -2.33. The molecule has 3 aromatic rings. The first-order valence-electron chi connectivity index (χ1n) is 9.19. The molecule has 27 heavy (non-hydrogen) atoms. The van der Waals surface area contributed by atoms with Gasteiger partial charge in [0.2, 0.25) is 0 Å². The van der Waals surface area contributed by atoms with E-state index in [9.17, 15) is 5.11 Å². The van der Waals surface area contributed by atoms with E-state index >= 15 is 0 Å². The van der Waals surface area contributed by atoms with E-state index in [1.54, 1.807) is 14.2 Å². The normalized spacial score (nSPS) is 19.0. The zero-order chi connectivity index (χ0) is 18.9. The Labute approximate surface area is 159 Å². The molecule has 3 nitrogen and oxygen atoms in total. The fourth-order valence-electron chi connectivity index (χ4n) is 4.16. The van der Waals surface area contributed by atoms with Gasteiger partial charge in [-0.2, -0.15) is 0 Å². The summed E-state index contributed by atoms with van der Waals surface area (Å²) in [7, 11) is 3.34. The summed E-state index contributed by atoms with van der Waals surface area (Å²) >= 11 is 0. The lowest BCUT2D eigenvalue weighted by molar-refractivity contribution is 0.0175. The maximum atomic E-state index is 11.6. The van der Waals surface area contributed by atoms with Crippen LogP contribution in [0.1, 0.15) is 17.5 Å². The third-order valence-corrected chi connectivity index (χ3v) is 5.30. The van der Waals surface area contributed by atoms with Crippen molar-refractivity contribution in [1.82, 2.24) is 0 Å². The van der Waals surface area contributed by atoms with Gasteiger partial charge in [-0.15, -0.1) is 0 Å². The van der Waals surface area contributed by atoms with Crippen molar-refractivity contribution < 1.29 is 14.6 Å². The van der Waals surface area contributed by atoms with E-state index in [0.29, 0.717) is 13.0 Å². The molecule has 0 radical (unpaired) electrons. The van der Waals surface area contributed by atoms with Crippen LogP contribution in [0.5, 0.6) is 0 Å². The Hall–Kier alpha value is -2.46. The van der Waals surface area contributed by atoms with Crippen LogP contribution in [0.4, 0.5) is 0 Å². The van der Waals surface area contributed by atoms with Gasteiger partial charge in [-0.05, 0) is 32.3 Å². The fraction of sp³-hybridized carbons (Fsp3) is 0.250. The molecule has 0 saturated carbocycles. The van der Waals surface area contributed by atoms with Gasteiger partial charge in [-0.25, -0.2) is 0 Å². The molecule has 138 valence electrons. The van der Waals surface area contributed by atoms with E-state index in [4.69, 9.17) is 9.47 Å². The summed E-state index contributed by atoms with van der Waals surface area (Å²) in [5, 5.41) is 16.1. The minimum Gasteiger partial charge on any atom is -0.382 e. The molecule has 0 heterocycles. The summed E-state index contributed by atoms with van der Waals surface area (Å²) in [6, 6.07) is 20.8. The molecule has 0 bridgehead atoms. The van der Waals surface area contributed by atoms with Crippen molar-refractivity contribution in [2.75, 3.05) is 20.8 Å². The van der Waals surface area contributed by atoms with Gasteiger partial charge in [0.25, 0.3) is 0 Å². The van der Waals surface area contributed by atoms with Crippen molar-refractivity contribution in [2.45, 2.75) is 18.6 Å². The molecule has 1 aliphatic rings. The van der Waals surface area contributed by atoms with Gasteiger partial charge in [0.05, 0.1) is 13.2 Å². The maximum absolute atomic E-state index is 11.6. The van der Waals surface area contributed by atoms with Crippen molar-refractivity contribution in [1.29, 1.82) is 0 Å². The van der Waals surface area contributed by atoms with Crippen molar-refractivity contribution in [3.8, 4) is 0 Å². The van der Waals surface area contributed by atoms with Crippen molar-refractivity contribution in [3.05, 3.63) is 82.2 Å². The van der Waals surface area contributed by atoms with E-state index in [0.717, 1.165) is 37.9 Å². The van der Waals surface area contributed by atoms with Crippen molar-refractivity contribution in [3.63, 3.8) is 0 Å². The molecular weight excluding hydrogens is 336 g/mol. The number of fused-ring (bicyclic) bond motifs is 2. The molecular formula is C24H24O3. The third kappa shape index (κ3) is 3.08. The van der Waals surface area contributed by atoms with Crippen LogP contribution >= 0.6 is 0 Å². The zero-order valence-corrected chi connectivity index (χ0v) is 15.7. The number of methoxy groups -OCH3 is 2. The fourth-order valence-corrected chi connectivity index (χ4v) is 4.16. The SMILES string of the molecule is COCc1ccc2ccccc2c1C1=c2ccccc2=CCC1(O)COC. The largest absolute Gasteiger partial charge is 0.382 e. The predicted octanol–water partition coefficient (Wildman–Crippen LogP) is 2.75. The number of hydrogen-bond acceptors (Lipinski definition) is 3. The molecule has 0 spiro atoms. The number of aliphatic hydroxyl groups is 1. The number of hydrogen-bond donors (Lipinski definition) is 1. The van der Waals surface area contributed by atoms with E-state index in [1.165, 1.54) is 0 Å². The first-order chi connectivity index (χ1) is 13.2. The summed E-state index contributed by atoms with van der Waals surface area (Å²) in [5.41, 5.74) is 1.95. The smallest absolute Gasteiger partial charge is 0.117 e. The van der Waals surface area contributed by atoms with Crippen molar-refractivity contribution in [2.24, 2.45) is 0 Å². The van der Waals surface area contributed by atoms with Crippen LogP contribution in [-0.4, -0.2) is 31.5 Å². The first kappa shape index (κ1) is 17.9. The highest BCUT2D eigenvalue weighted by atomic mass is 16.5. The highest BCUT2D eigenvalue weighted by Crippen LogP contribution is 2.36. The van der Waals surface area contributed by atoms with Crippen LogP contribution in [0.3, 0.4) is 0 Å². The predicted molar refractivity (Wildman–Crippen MR) is 109 cm³/mol. The van der Waals surface area contributed by atoms with Gasteiger partial charge in [0.15, 0.2) is 0 Å². The van der Waals surface area contributed by atoms with Gasteiger partial charge in [-0.3, -0.25) is 0 Å². The van der Waals surface area contributed by atoms with Crippen LogP contribution in [0.15, 0.2) is 60.7 Å². The van der Waals surface area contributed by atoms with Crippen LogP contribution < -0.4 is 10.4 Å². The zero-order valence-electron chi connectivity index (χ0n) is 15.7. The minimum atomic E-state index is -1.09. The average Bonchev–Trinajstić information content (AvgIpc) is 2.69. The monoisotopic (exact) mass is 360 g/mol. The van der Waals surface area contributed by atoms with Gasteiger partial charge in [0, 0.05) is 26.2 Å². The minimum absolute atomic E-state index is 0.239. The highest BCUT2D eigenvalue weighted by molar-refractivity contribution is 5.97. The molecule has 3 aromatic carbocycles. The second kappa shape index (κ2) is 7.28. The van der Waals surface area contributed by atoms with Gasteiger partial charge in [-0.1, -0.05) is 66.7 Å². The van der Waals surface area contributed by atoms with E-state index in [1.807, 2.05) is 24.3 Å². The summed E-state index contributed by atoms with van der Waals surface area (Å²) in [6.07, 6.45) is 2.61. The molecule has 4 rings (SSSR count). The molecule has 1 N–H and O–H groups in total. The molecule has 1 atom stereocenters. The van der Waals surface area contributed by atoms with Crippen LogP contribution in [0.25, 0.3) is 22.4 Å². The Balaban J connectivity index is 2.17. The van der Waals surface area contributed by atoms with Crippen molar-refractivity contribution >= 4 is 22.4 Å². The Morgan fingerprint density at radius 1 is 0.926 bits per heavy atom. The average molecular weight is 360 g/mol. The molecule has 3 heteroatoms. The Kier molecular flexibility index (Phi) is 4.83. The number of benzene rings is 3. The summed E-state index contributed by atoms with van der Waals surface area (Å²) in [6.45, 7) is 0.724. The summed E-state index contributed by atoms with van der Waals surface area (Å²) in [5.74, 6) is 0. The Morgan fingerprint density at radius 2 is 1.70 bits per heavy atom. The molecule has 1 aliphatic carbocycles. The number of rotatable bonds is 5. The van der Waals surface area contributed by atoms with Gasteiger partial charge < -0.3 is 14.6 Å². The Morgan fingerprint density at radius 3 is 2.52 bits per heavy atom. The number of ether oxygens (including phenoxy) is 2. The second-order valence-corrected chi connectivity index (χ2v) is 7.09. The standard InChI is InChI=1S/C24H24O3/c1-26-15-19-12-11-17-7-3-5-9-20(17)22(19)23-21-10-6-4-8-18(21)13-14-24(23,25)16-27-2/h3-13,25H,14-16H2,1-2H3. The van der Waals surface area contributed by atoms with E-state index in [2.05, 4.69) is 42.5 Å². The third-order valence-electron chi connectivity index (χ3n) is 5.30. The molecule has 0 aliphatic heterocycles.